The minimum absolute atomic E-state index is 0.111. The second kappa shape index (κ2) is 5.24. The van der Waals surface area contributed by atoms with Crippen LogP contribution in [0.1, 0.15) is 44.9 Å². The first-order valence-electron chi connectivity index (χ1n) is 8.09. The van der Waals surface area contributed by atoms with Crippen molar-refractivity contribution >= 4 is 33.5 Å². The van der Waals surface area contributed by atoms with Gasteiger partial charge in [0, 0.05) is 9.35 Å². The maximum absolute atomic E-state index is 12.4. The van der Waals surface area contributed by atoms with Crippen molar-refractivity contribution in [2.45, 2.75) is 49.3 Å². The molecule has 5 rings (SSSR count). The fourth-order valence-corrected chi connectivity index (χ4v) is 7.24. The van der Waals surface area contributed by atoms with Gasteiger partial charge in [-0.3, -0.25) is 4.79 Å². The average molecular weight is 384 g/mol. The number of alkyl halides is 1. The van der Waals surface area contributed by atoms with Gasteiger partial charge in [0.25, 0.3) is 0 Å². The summed E-state index contributed by atoms with van der Waals surface area (Å²) in [5, 5.41) is 0.597. The third kappa shape index (κ3) is 2.82. The first-order valence-corrected chi connectivity index (χ1v) is 9.26. The van der Waals surface area contributed by atoms with Gasteiger partial charge in [-0.1, -0.05) is 33.6 Å². The summed E-state index contributed by atoms with van der Waals surface area (Å²) in [4.78, 5) is 12.4. The van der Waals surface area contributed by atoms with Crippen molar-refractivity contribution in [3.63, 3.8) is 0 Å². The van der Waals surface area contributed by atoms with Gasteiger partial charge >= 0.3 is 5.97 Å². The zero-order valence-electron chi connectivity index (χ0n) is 12.5. The van der Waals surface area contributed by atoms with Crippen LogP contribution in [0.2, 0.25) is 5.02 Å². The van der Waals surface area contributed by atoms with Crippen molar-refractivity contribution in [3.8, 4) is 5.75 Å². The van der Waals surface area contributed by atoms with Crippen LogP contribution in [-0.4, -0.2) is 10.3 Å². The molecule has 0 amide bonds. The molecule has 1 aromatic rings. The van der Waals surface area contributed by atoms with Crippen molar-refractivity contribution in [3.05, 3.63) is 29.3 Å². The smallest absolute Gasteiger partial charge is 0.311 e. The molecule has 0 N–H and O–H groups in total. The predicted molar refractivity (Wildman–Crippen MR) is 90.5 cm³/mol. The molecule has 2 unspecified atom stereocenters. The first-order chi connectivity index (χ1) is 10.4. The summed E-state index contributed by atoms with van der Waals surface area (Å²) in [6.45, 7) is 0. The largest absolute Gasteiger partial charge is 0.426 e. The summed E-state index contributed by atoms with van der Waals surface area (Å²) in [7, 11) is 0. The molecule has 1 aromatic carbocycles. The van der Waals surface area contributed by atoms with Crippen LogP contribution in [0.15, 0.2) is 24.3 Å². The van der Waals surface area contributed by atoms with E-state index < -0.39 is 0 Å². The second-order valence-corrected chi connectivity index (χ2v) is 9.84. The maximum Gasteiger partial charge on any atom is 0.311 e. The molecule has 0 radical (unpaired) electrons. The van der Waals surface area contributed by atoms with E-state index >= 15 is 0 Å². The van der Waals surface area contributed by atoms with Crippen molar-refractivity contribution in [1.82, 2.24) is 0 Å². The second-order valence-electron chi connectivity index (χ2n) is 7.72. The molecule has 4 fully saturated rings. The van der Waals surface area contributed by atoms with Gasteiger partial charge in [0.05, 0.1) is 6.42 Å². The zero-order valence-corrected chi connectivity index (χ0v) is 14.8. The number of ether oxygens (including phenoxy) is 1. The Morgan fingerprint density at radius 3 is 2.64 bits per heavy atom. The normalized spacial score (nSPS) is 39.0. The Morgan fingerprint density at radius 2 is 2.00 bits per heavy atom. The molecule has 0 spiro atoms. The molecule has 0 aromatic heterocycles. The Kier molecular flexibility index (Phi) is 3.58. The Morgan fingerprint density at radius 1 is 1.27 bits per heavy atom. The van der Waals surface area contributed by atoms with Crippen LogP contribution >= 0.6 is 27.5 Å². The molecule has 4 aliphatic rings. The van der Waals surface area contributed by atoms with Gasteiger partial charge in [0.15, 0.2) is 0 Å². The summed E-state index contributed by atoms with van der Waals surface area (Å²) in [6.07, 6.45) is 7.99. The lowest BCUT2D eigenvalue weighted by atomic mass is 9.49. The quantitative estimate of drug-likeness (QED) is 0.398. The molecule has 0 saturated heterocycles. The van der Waals surface area contributed by atoms with Gasteiger partial charge in [0.2, 0.25) is 0 Å². The fraction of sp³-hybridized carbons (Fsp3) is 0.611. The lowest BCUT2D eigenvalue weighted by Crippen LogP contribution is -2.53. The number of hydrogen-bond acceptors (Lipinski definition) is 2. The monoisotopic (exact) mass is 382 g/mol. The van der Waals surface area contributed by atoms with E-state index in [4.69, 9.17) is 16.3 Å². The summed E-state index contributed by atoms with van der Waals surface area (Å²) in [6, 6.07) is 7.08. The maximum atomic E-state index is 12.4. The number of carbonyl (C=O) groups excluding carboxylic acids is 1. The average Bonchev–Trinajstić information content (AvgIpc) is 2.34. The number of halogens is 2. The van der Waals surface area contributed by atoms with Gasteiger partial charge in [-0.2, -0.15) is 0 Å². The van der Waals surface area contributed by atoms with Crippen molar-refractivity contribution < 1.29 is 9.53 Å². The van der Waals surface area contributed by atoms with Crippen LogP contribution in [0.3, 0.4) is 0 Å². The number of rotatable bonds is 3. The topological polar surface area (TPSA) is 26.3 Å². The lowest BCUT2D eigenvalue weighted by Gasteiger charge is -2.60. The molecule has 0 aliphatic heterocycles. The summed E-state index contributed by atoms with van der Waals surface area (Å²) >= 11 is 9.94. The molecular weight excluding hydrogens is 364 g/mol. The fourth-order valence-electron chi connectivity index (χ4n) is 5.55. The van der Waals surface area contributed by atoms with Gasteiger partial charge in [-0.25, -0.2) is 0 Å². The molecule has 22 heavy (non-hydrogen) atoms. The third-order valence-electron chi connectivity index (χ3n) is 5.66. The van der Waals surface area contributed by atoms with E-state index in [-0.39, 0.29) is 15.7 Å². The molecule has 4 saturated carbocycles. The Balaban J connectivity index is 1.47. The van der Waals surface area contributed by atoms with Crippen molar-refractivity contribution in [2.75, 3.05) is 0 Å². The van der Waals surface area contributed by atoms with Crippen LogP contribution in [0.4, 0.5) is 0 Å². The minimum Gasteiger partial charge on any atom is -0.426 e. The van der Waals surface area contributed by atoms with E-state index in [1.54, 1.807) is 18.2 Å². The van der Waals surface area contributed by atoms with Crippen LogP contribution in [0.5, 0.6) is 5.75 Å². The molecule has 4 bridgehead atoms. The van der Waals surface area contributed by atoms with Crippen LogP contribution in [-0.2, 0) is 4.79 Å². The summed E-state index contributed by atoms with van der Waals surface area (Å²) < 4.78 is 5.81. The van der Waals surface area contributed by atoms with Gasteiger partial charge < -0.3 is 4.74 Å². The van der Waals surface area contributed by atoms with E-state index in [1.165, 1.54) is 32.1 Å². The Bertz CT molecular complexity index is 601. The van der Waals surface area contributed by atoms with Gasteiger partial charge in [0.1, 0.15) is 5.75 Å². The number of benzene rings is 1. The Labute approximate surface area is 144 Å². The van der Waals surface area contributed by atoms with Crippen molar-refractivity contribution in [2.24, 2.45) is 17.3 Å². The van der Waals surface area contributed by atoms with E-state index in [9.17, 15) is 4.79 Å². The summed E-state index contributed by atoms with van der Waals surface area (Å²) in [5.41, 5.74) is 0.156. The lowest BCUT2D eigenvalue weighted by molar-refractivity contribution is -0.141. The zero-order chi connectivity index (χ0) is 15.4. The highest BCUT2D eigenvalue weighted by molar-refractivity contribution is 9.10. The van der Waals surface area contributed by atoms with Gasteiger partial charge in [-0.15, -0.1) is 0 Å². The van der Waals surface area contributed by atoms with Gasteiger partial charge in [-0.05, 0) is 74.0 Å². The van der Waals surface area contributed by atoms with E-state index in [0.29, 0.717) is 17.2 Å². The molecule has 2 nitrogen and oxygen atoms in total. The number of esters is 1. The highest BCUT2D eigenvalue weighted by Crippen LogP contribution is 2.65. The molecule has 4 atom stereocenters. The Hall–Kier alpha value is -0.540. The predicted octanol–water partition coefficient (Wildman–Crippen LogP) is 5.37. The van der Waals surface area contributed by atoms with Crippen LogP contribution in [0.25, 0.3) is 0 Å². The highest BCUT2D eigenvalue weighted by Gasteiger charge is 2.57. The molecule has 0 heterocycles. The summed E-state index contributed by atoms with van der Waals surface area (Å²) in [5.74, 6) is 2.02. The van der Waals surface area contributed by atoms with E-state index in [0.717, 1.165) is 18.3 Å². The highest BCUT2D eigenvalue weighted by atomic mass is 79.9. The standard InChI is InChI=1S/C18H20BrClO2/c19-18-8-12-4-13(9-18)7-17(6-12,11-18)10-16(21)22-15-3-1-2-14(20)5-15/h1-3,5,12-13H,4,6-11H2/t12-,13+,17?,18?. The third-order valence-corrected chi connectivity index (χ3v) is 6.82. The van der Waals surface area contributed by atoms with E-state index in [2.05, 4.69) is 15.9 Å². The first kappa shape index (κ1) is 15.0. The van der Waals surface area contributed by atoms with Crippen LogP contribution < -0.4 is 4.74 Å². The molecule has 118 valence electrons. The number of carbonyl (C=O) groups is 1. The number of hydrogen-bond donors (Lipinski definition) is 0. The molecular formula is C18H20BrClO2. The minimum atomic E-state index is -0.111. The molecule has 4 aliphatic carbocycles. The van der Waals surface area contributed by atoms with E-state index in [1.807, 2.05) is 6.07 Å². The van der Waals surface area contributed by atoms with Crippen LogP contribution in [0, 0.1) is 17.3 Å². The SMILES string of the molecule is O=C(CC12C[C@@H]3C[C@@H](CC(Br)(C3)C1)C2)Oc1cccc(Cl)c1. The molecule has 4 heteroatoms. The van der Waals surface area contributed by atoms with Crippen molar-refractivity contribution in [1.29, 1.82) is 0 Å².